The Labute approximate surface area is 127 Å². The normalized spacial score (nSPS) is 15.8. The highest BCUT2D eigenvalue weighted by Crippen LogP contribution is 2.40. The minimum absolute atomic E-state index is 0.158. The zero-order valence-corrected chi connectivity index (χ0v) is 16.5. The Balaban J connectivity index is 5.31. The molecule has 1 radical (unpaired) electrons. The average Bonchev–Trinajstić information content (AvgIpc) is 2.38. The molecule has 119 valence electrons. The van der Waals surface area contributed by atoms with Crippen LogP contribution in [0, 0.1) is 0 Å². The molecule has 0 saturated heterocycles. The van der Waals surface area contributed by atoms with E-state index in [1.54, 1.807) is 14.2 Å². The number of rotatable bonds is 8. The standard InChI is InChI=1S/C14H31O4Si2/c1-10-14(6,19(16-7)17-8)13(15)18-20(9,11(2)3)12(4)5/h11-12H,10H2,1-9H3. The highest BCUT2D eigenvalue weighted by Gasteiger charge is 2.50. The molecule has 1 unspecified atom stereocenters. The van der Waals surface area contributed by atoms with Gasteiger partial charge in [0.1, 0.15) is 5.04 Å². The van der Waals surface area contributed by atoms with Gasteiger partial charge in [0.25, 0.3) is 14.3 Å². The monoisotopic (exact) mass is 319 g/mol. The summed E-state index contributed by atoms with van der Waals surface area (Å²) in [6.45, 7) is 14.6. The van der Waals surface area contributed by atoms with Crippen molar-refractivity contribution < 1.29 is 18.1 Å². The predicted molar refractivity (Wildman–Crippen MR) is 86.3 cm³/mol. The minimum atomic E-state index is -2.11. The molecule has 0 N–H and O–H groups in total. The van der Waals surface area contributed by atoms with Crippen LogP contribution in [-0.2, 0) is 18.1 Å². The predicted octanol–water partition coefficient (Wildman–Crippen LogP) is 3.88. The summed E-state index contributed by atoms with van der Waals surface area (Å²) in [5, 5.41) is -0.674. The first-order chi connectivity index (χ1) is 9.09. The van der Waals surface area contributed by atoms with Crippen molar-refractivity contribution in [3.63, 3.8) is 0 Å². The maximum absolute atomic E-state index is 12.8. The average molecular weight is 320 g/mol. The minimum Gasteiger partial charge on any atom is -0.518 e. The van der Waals surface area contributed by atoms with Crippen LogP contribution in [0.2, 0.25) is 22.7 Å². The highest BCUT2D eigenvalue weighted by molar-refractivity contribution is 6.77. The number of hydrogen-bond acceptors (Lipinski definition) is 4. The first-order valence-electron chi connectivity index (χ1n) is 7.28. The van der Waals surface area contributed by atoms with E-state index >= 15 is 0 Å². The summed E-state index contributed by atoms with van der Waals surface area (Å²) in [4.78, 5) is 12.8. The van der Waals surface area contributed by atoms with Crippen LogP contribution in [-0.4, -0.2) is 37.8 Å². The van der Waals surface area contributed by atoms with Gasteiger partial charge in [-0.15, -0.1) is 0 Å². The summed E-state index contributed by atoms with van der Waals surface area (Å²) in [6.07, 6.45) is 0.655. The Morgan fingerprint density at radius 3 is 1.80 bits per heavy atom. The van der Waals surface area contributed by atoms with Crippen molar-refractivity contribution in [2.75, 3.05) is 14.2 Å². The zero-order valence-electron chi connectivity index (χ0n) is 14.5. The quantitative estimate of drug-likeness (QED) is 0.637. The Bertz CT molecular complexity index is 308. The van der Waals surface area contributed by atoms with E-state index in [0.717, 1.165) is 0 Å². The van der Waals surface area contributed by atoms with Gasteiger partial charge in [-0.1, -0.05) is 34.6 Å². The second-order valence-corrected chi connectivity index (χ2v) is 13.6. The van der Waals surface area contributed by atoms with Gasteiger partial charge in [-0.05, 0) is 31.0 Å². The molecule has 6 heteroatoms. The van der Waals surface area contributed by atoms with Crippen LogP contribution < -0.4 is 0 Å². The molecule has 0 saturated carbocycles. The van der Waals surface area contributed by atoms with Crippen LogP contribution in [0.1, 0.15) is 48.0 Å². The summed E-state index contributed by atoms with van der Waals surface area (Å²) in [5.41, 5.74) is 0.765. The van der Waals surface area contributed by atoms with Crippen molar-refractivity contribution in [1.29, 1.82) is 0 Å². The van der Waals surface area contributed by atoms with E-state index in [9.17, 15) is 4.79 Å². The molecule has 4 nitrogen and oxygen atoms in total. The largest absolute Gasteiger partial charge is 0.518 e. The summed E-state index contributed by atoms with van der Waals surface area (Å²) in [6, 6.07) is 0. The number of carbonyl (C=O) groups excluding carboxylic acids is 1. The fourth-order valence-corrected chi connectivity index (χ4v) is 6.23. The topological polar surface area (TPSA) is 44.8 Å². The van der Waals surface area contributed by atoms with Crippen LogP contribution >= 0.6 is 0 Å². The maximum atomic E-state index is 12.8. The van der Waals surface area contributed by atoms with Crippen LogP contribution in [0.3, 0.4) is 0 Å². The lowest BCUT2D eigenvalue weighted by atomic mass is 10.1. The van der Waals surface area contributed by atoms with Crippen molar-refractivity contribution >= 4 is 23.6 Å². The van der Waals surface area contributed by atoms with Gasteiger partial charge in [-0.2, -0.15) is 0 Å². The Hall–Kier alpha value is -0.176. The van der Waals surface area contributed by atoms with Gasteiger partial charge in [-0.3, -0.25) is 4.79 Å². The molecule has 0 bridgehead atoms. The first kappa shape index (κ1) is 19.8. The van der Waals surface area contributed by atoms with Crippen LogP contribution in [0.5, 0.6) is 0 Å². The second-order valence-electron chi connectivity index (χ2n) is 6.26. The third-order valence-corrected chi connectivity index (χ3v) is 12.0. The lowest BCUT2D eigenvalue weighted by Crippen LogP contribution is -2.49. The Morgan fingerprint density at radius 1 is 1.15 bits per heavy atom. The molecule has 20 heavy (non-hydrogen) atoms. The van der Waals surface area contributed by atoms with Crippen molar-refractivity contribution in [1.82, 2.24) is 0 Å². The molecule has 0 aromatic rings. The molecule has 1 atom stereocenters. The van der Waals surface area contributed by atoms with E-state index in [0.29, 0.717) is 17.5 Å². The summed E-state index contributed by atoms with van der Waals surface area (Å²) < 4.78 is 16.9. The summed E-state index contributed by atoms with van der Waals surface area (Å²) in [7, 11) is -0.598. The van der Waals surface area contributed by atoms with Gasteiger partial charge >= 0.3 is 9.28 Å². The van der Waals surface area contributed by atoms with E-state index in [1.165, 1.54) is 0 Å². The van der Waals surface area contributed by atoms with Gasteiger partial charge in [0.2, 0.25) is 0 Å². The van der Waals surface area contributed by atoms with Crippen molar-refractivity contribution in [2.24, 2.45) is 0 Å². The molecule has 0 aliphatic heterocycles. The van der Waals surface area contributed by atoms with Crippen LogP contribution in [0.4, 0.5) is 0 Å². The Morgan fingerprint density at radius 2 is 1.55 bits per heavy atom. The summed E-state index contributed by atoms with van der Waals surface area (Å²) in [5.74, 6) is -0.158. The molecule has 0 aromatic heterocycles. The van der Waals surface area contributed by atoms with E-state index in [4.69, 9.17) is 13.3 Å². The smallest absolute Gasteiger partial charge is 0.402 e. The molecule has 0 aliphatic rings. The van der Waals surface area contributed by atoms with E-state index < -0.39 is 22.6 Å². The lowest BCUT2D eigenvalue weighted by Gasteiger charge is -2.39. The number of hydrogen-bond donors (Lipinski definition) is 0. The molecule has 0 aliphatic carbocycles. The summed E-state index contributed by atoms with van der Waals surface area (Å²) >= 11 is 0. The molecular weight excluding hydrogens is 288 g/mol. The van der Waals surface area contributed by atoms with Gasteiger partial charge < -0.3 is 13.3 Å². The molecule has 0 rings (SSSR count). The van der Waals surface area contributed by atoms with Crippen LogP contribution in [0.25, 0.3) is 0 Å². The third kappa shape index (κ3) is 3.93. The molecule has 0 fully saturated rings. The molecular formula is C14H31O4Si2. The first-order valence-corrected chi connectivity index (χ1v) is 11.2. The molecule has 0 spiro atoms. The van der Waals surface area contributed by atoms with Gasteiger partial charge in [0.15, 0.2) is 0 Å². The van der Waals surface area contributed by atoms with Crippen molar-refractivity contribution in [3.8, 4) is 0 Å². The molecule has 0 heterocycles. The SMILES string of the molecule is CCC(C)(C(=O)O[Si](C)(C(C)C)C(C)C)[Si](OC)OC. The third-order valence-electron chi connectivity index (χ3n) is 4.58. The zero-order chi connectivity index (χ0) is 16.1. The highest BCUT2D eigenvalue weighted by atomic mass is 28.4. The Kier molecular flexibility index (Phi) is 7.66. The van der Waals surface area contributed by atoms with Gasteiger partial charge in [-0.25, -0.2) is 0 Å². The molecule has 0 amide bonds. The van der Waals surface area contributed by atoms with Gasteiger partial charge in [0, 0.05) is 14.2 Å². The van der Waals surface area contributed by atoms with Crippen molar-refractivity contribution in [3.05, 3.63) is 0 Å². The van der Waals surface area contributed by atoms with Crippen molar-refractivity contribution in [2.45, 2.75) is 70.6 Å². The molecule has 0 aromatic carbocycles. The van der Waals surface area contributed by atoms with E-state index in [-0.39, 0.29) is 5.97 Å². The van der Waals surface area contributed by atoms with E-state index in [1.807, 2.05) is 13.8 Å². The number of carbonyl (C=O) groups is 1. The van der Waals surface area contributed by atoms with E-state index in [2.05, 4.69) is 34.2 Å². The van der Waals surface area contributed by atoms with Gasteiger partial charge in [0.05, 0.1) is 0 Å². The maximum Gasteiger partial charge on any atom is 0.402 e. The fraction of sp³-hybridized carbons (Fsp3) is 0.929. The lowest BCUT2D eigenvalue weighted by molar-refractivity contribution is -0.139. The fourth-order valence-electron chi connectivity index (χ4n) is 2.12. The van der Waals surface area contributed by atoms with Crippen LogP contribution in [0.15, 0.2) is 0 Å². The second kappa shape index (κ2) is 7.72.